The van der Waals surface area contributed by atoms with Crippen LogP contribution >= 0.6 is 23.2 Å². The summed E-state index contributed by atoms with van der Waals surface area (Å²) >= 11 is 12.3. The molecule has 0 radical (unpaired) electrons. The van der Waals surface area contributed by atoms with Gasteiger partial charge in [-0.2, -0.15) is 0 Å². The van der Waals surface area contributed by atoms with Crippen LogP contribution in [0.1, 0.15) is 23.6 Å². The lowest BCUT2D eigenvalue weighted by Crippen LogP contribution is -2.32. The number of rotatable bonds is 6. The van der Waals surface area contributed by atoms with Crippen molar-refractivity contribution in [2.75, 3.05) is 40.4 Å². The SMILES string of the molecule is CN(C)CCCN1C(=O)C(=O)/C(=C(/O)c2ccc3c(c2)OCCO3)C1c1ccc(Cl)c(Cl)c1. The Balaban J connectivity index is 1.80. The summed E-state index contributed by atoms with van der Waals surface area (Å²) in [6.45, 7) is 1.90. The molecule has 1 atom stereocenters. The van der Waals surface area contributed by atoms with E-state index in [9.17, 15) is 14.7 Å². The van der Waals surface area contributed by atoms with Crippen molar-refractivity contribution in [1.82, 2.24) is 9.80 Å². The molecule has 0 aromatic heterocycles. The Bertz CT molecular complexity index is 1130. The molecule has 0 spiro atoms. The van der Waals surface area contributed by atoms with Gasteiger partial charge in [0.15, 0.2) is 11.5 Å². The standard InChI is InChI=1S/C24H24Cl2N2O5/c1-27(2)8-3-9-28-21(14-4-6-16(25)17(26)12-14)20(23(30)24(28)31)22(29)15-5-7-18-19(13-15)33-11-10-32-18/h4-7,12-13,21,29H,3,8-11H2,1-2H3/b22-20+. The molecule has 33 heavy (non-hydrogen) atoms. The summed E-state index contributed by atoms with van der Waals surface area (Å²) in [4.78, 5) is 29.6. The van der Waals surface area contributed by atoms with Crippen LogP contribution in [0.2, 0.25) is 10.0 Å². The van der Waals surface area contributed by atoms with Crippen LogP contribution in [0.25, 0.3) is 5.76 Å². The molecule has 1 fully saturated rings. The first-order chi connectivity index (χ1) is 15.8. The number of fused-ring (bicyclic) bond motifs is 1. The number of carbonyl (C=O) groups excluding carboxylic acids is 2. The highest BCUT2D eigenvalue weighted by atomic mass is 35.5. The van der Waals surface area contributed by atoms with E-state index in [1.807, 2.05) is 19.0 Å². The number of amides is 1. The van der Waals surface area contributed by atoms with Gasteiger partial charge in [-0.15, -0.1) is 0 Å². The van der Waals surface area contributed by atoms with E-state index in [2.05, 4.69) is 0 Å². The predicted molar refractivity (Wildman–Crippen MR) is 126 cm³/mol. The zero-order chi connectivity index (χ0) is 23.7. The predicted octanol–water partition coefficient (Wildman–Crippen LogP) is 4.14. The molecular weight excluding hydrogens is 467 g/mol. The Morgan fingerprint density at radius 1 is 1.06 bits per heavy atom. The number of ketones is 1. The number of Topliss-reactive ketones (excluding diaryl/α,β-unsaturated/α-hetero) is 1. The normalized spacial score (nSPS) is 19.4. The van der Waals surface area contributed by atoms with Crippen molar-refractivity contribution in [1.29, 1.82) is 0 Å². The number of nitrogens with zero attached hydrogens (tertiary/aromatic N) is 2. The number of carbonyl (C=O) groups is 2. The van der Waals surface area contributed by atoms with Gasteiger partial charge >= 0.3 is 0 Å². The zero-order valence-corrected chi connectivity index (χ0v) is 19.8. The maximum atomic E-state index is 13.1. The van der Waals surface area contributed by atoms with Gasteiger partial charge in [0, 0.05) is 12.1 Å². The first-order valence-corrected chi connectivity index (χ1v) is 11.3. The van der Waals surface area contributed by atoms with Gasteiger partial charge in [-0.25, -0.2) is 0 Å². The molecule has 0 aliphatic carbocycles. The maximum absolute atomic E-state index is 13.1. The van der Waals surface area contributed by atoms with Crippen LogP contribution in [0, 0.1) is 0 Å². The molecule has 174 valence electrons. The Hall–Kier alpha value is -2.74. The topological polar surface area (TPSA) is 79.3 Å². The Labute approximate surface area is 202 Å². The van der Waals surface area contributed by atoms with Crippen LogP contribution in [-0.2, 0) is 9.59 Å². The summed E-state index contributed by atoms with van der Waals surface area (Å²) in [6.07, 6.45) is 0.655. The van der Waals surface area contributed by atoms with E-state index < -0.39 is 17.7 Å². The van der Waals surface area contributed by atoms with Crippen LogP contribution in [0.3, 0.4) is 0 Å². The molecule has 0 saturated carbocycles. The Kier molecular flexibility index (Phi) is 6.83. The van der Waals surface area contributed by atoms with E-state index in [1.54, 1.807) is 36.4 Å². The van der Waals surface area contributed by atoms with E-state index in [0.717, 1.165) is 6.54 Å². The molecule has 2 heterocycles. The van der Waals surface area contributed by atoms with Gasteiger partial charge in [-0.05, 0) is 63.0 Å². The van der Waals surface area contributed by atoms with Crippen LogP contribution in [0.15, 0.2) is 42.0 Å². The van der Waals surface area contributed by atoms with Crippen molar-refractivity contribution in [3.63, 3.8) is 0 Å². The number of hydrogen-bond donors (Lipinski definition) is 1. The number of aliphatic hydroxyl groups excluding tert-OH is 1. The van der Waals surface area contributed by atoms with Crippen LogP contribution in [-0.4, -0.2) is 67.0 Å². The molecule has 1 N–H and O–H groups in total. The Morgan fingerprint density at radius 2 is 1.79 bits per heavy atom. The molecule has 2 aliphatic heterocycles. The first kappa shape index (κ1) is 23.4. The average Bonchev–Trinajstić information content (AvgIpc) is 3.05. The summed E-state index contributed by atoms with van der Waals surface area (Å²) < 4.78 is 11.1. The molecule has 1 amide bonds. The Morgan fingerprint density at radius 3 is 2.48 bits per heavy atom. The number of halogens is 2. The van der Waals surface area contributed by atoms with E-state index >= 15 is 0 Å². The molecule has 0 bridgehead atoms. The van der Waals surface area contributed by atoms with Crippen LogP contribution in [0.5, 0.6) is 11.5 Å². The number of likely N-dealkylation sites (tertiary alicyclic amines) is 1. The minimum absolute atomic E-state index is 0.0000741. The summed E-state index contributed by atoms with van der Waals surface area (Å²) in [6, 6.07) is 9.06. The highest BCUT2D eigenvalue weighted by Crippen LogP contribution is 2.42. The lowest BCUT2D eigenvalue weighted by molar-refractivity contribution is -0.139. The number of ether oxygens (including phenoxy) is 2. The van der Waals surface area contributed by atoms with Crippen molar-refractivity contribution >= 4 is 40.7 Å². The molecule has 2 aromatic rings. The highest BCUT2D eigenvalue weighted by Gasteiger charge is 2.46. The smallest absolute Gasteiger partial charge is 0.295 e. The minimum Gasteiger partial charge on any atom is -0.507 e. The lowest BCUT2D eigenvalue weighted by Gasteiger charge is -2.26. The second kappa shape index (κ2) is 9.63. The summed E-state index contributed by atoms with van der Waals surface area (Å²) in [7, 11) is 3.87. The number of hydrogen-bond acceptors (Lipinski definition) is 6. The van der Waals surface area contributed by atoms with Crippen molar-refractivity contribution in [3.8, 4) is 11.5 Å². The zero-order valence-electron chi connectivity index (χ0n) is 18.3. The molecule has 1 unspecified atom stereocenters. The number of benzene rings is 2. The van der Waals surface area contributed by atoms with E-state index in [-0.39, 0.29) is 11.3 Å². The van der Waals surface area contributed by atoms with E-state index in [1.165, 1.54) is 4.90 Å². The van der Waals surface area contributed by atoms with Gasteiger partial charge < -0.3 is 24.4 Å². The summed E-state index contributed by atoms with van der Waals surface area (Å²) in [5.41, 5.74) is 0.947. The van der Waals surface area contributed by atoms with Crippen LogP contribution in [0.4, 0.5) is 0 Å². The second-order valence-corrected chi connectivity index (χ2v) is 9.00. The fourth-order valence-electron chi connectivity index (χ4n) is 4.04. The van der Waals surface area contributed by atoms with Crippen molar-refractivity contribution < 1.29 is 24.2 Å². The third-order valence-electron chi connectivity index (χ3n) is 5.62. The van der Waals surface area contributed by atoms with Crippen molar-refractivity contribution in [2.45, 2.75) is 12.5 Å². The van der Waals surface area contributed by atoms with Gasteiger partial charge in [-0.1, -0.05) is 29.3 Å². The molecule has 7 nitrogen and oxygen atoms in total. The average molecular weight is 491 g/mol. The van der Waals surface area contributed by atoms with Gasteiger partial charge in [0.05, 0.1) is 21.7 Å². The van der Waals surface area contributed by atoms with Crippen LogP contribution < -0.4 is 9.47 Å². The first-order valence-electron chi connectivity index (χ1n) is 10.6. The second-order valence-electron chi connectivity index (χ2n) is 8.18. The molecule has 4 rings (SSSR count). The third kappa shape index (κ3) is 4.67. The minimum atomic E-state index is -0.796. The van der Waals surface area contributed by atoms with Gasteiger partial charge in [0.25, 0.3) is 11.7 Å². The highest BCUT2D eigenvalue weighted by molar-refractivity contribution is 6.46. The quantitative estimate of drug-likeness (QED) is 0.372. The van der Waals surface area contributed by atoms with Crippen molar-refractivity contribution in [2.24, 2.45) is 0 Å². The lowest BCUT2D eigenvalue weighted by atomic mass is 9.95. The molecular formula is C24H24Cl2N2O5. The number of aliphatic hydroxyl groups is 1. The monoisotopic (exact) mass is 490 g/mol. The fourth-order valence-corrected chi connectivity index (χ4v) is 4.35. The summed E-state index contributed by atoms with van der Waals surface area (Å²) in [5.74, 6) is -0.664. The molecule has 2 aromatic carbocycles. The summed E-state index contributed by atoms with van der Waals surface area (Å²) in [5, 5.41) is 11.9. The van der Waals surface area contributed by atoms with E-state index in [4.69, 9.17) is 32.7 Å². The van der Waals surface area contributed by atoms with Crippen molar-refractivity contribution in [3.05, 3.63) is 63.1 Å². The van der Waals surface area contributed by atoms with E-state index in [0.29, 0.717) is 58.9 Å². The molecule has 1 saturated heterocycles. The van der Waals surface area contributed by atoms with Gasteiger partial charge in [0.1, 0.15) is 19.0 Å². The largest absolute Gasteiger partial charge is 0.507 e. The fraction of sp³-hybridized carbons (Fsp3) is 0.333. The van der Waals surface area contributed by atoms with Gasteiger partial charge in [-0.3, -0.25) is 9.59 Å². The molecule has 2 aliphatic rings. The maximum Gasteiger partial charge on any atom is 0.295 e. The molecule has 9 heteroatoms. The third-order valence-corrected chi connectivity index (χ3v) is 6.36. The van der Waals surface area contributed by atoms with Gasteiger partial charge in [0.2, 0.25) is 0 Å².